The first kappa shape index (κ1) is 8.86. The molecule has 5 heteroatoms. The molecule has 0 spiro atoms. The van der Waals surface area contributed by atoms with E-state index in [1.54, 1.807) is 16.4 Å². The number of hydrogen-bond donors (Lipinski definition) is 0. The summed E-state index contributed by atoms with van der Waals surface area (Å²) in [5.74, 6) is -0.503. The summed E-state index contributed by atoms with van der Waals surface area (Å²) in [6.07, 6.45) is 6.21. The molecule has 0 fully saturated rings. The number of carbonyl (C=O) groups excluding carboxylic acids is 1. The van der Waals surface area contributed by atoms with E-state index in [-0.39, 0.29) is 6.01 Å². The van der Waals surface area contributed by atoms with Gasteiger partial charge in [-0.2, -0.15) is 0 Å². The van der Waals surface area contributed by atoms with E-state index in [1.165, 1.54) is 11.9 Å². The molecule has 0 saturated carbocycles. The fourth-order valence-electron chi connectivity index (χ4n) is 0.620. The molecule has 0 atom stereocenters. The van der Waals surface area contributed by atoms with Crippen LogP contribution >= 0.6 is 11.9 Å². The Morgan fingerprint density at radius 1 is 1.92 bits per heavy atom. The summed E-state index contributed by atoms with van der Waals surface area (Å²) >= 11 is 1.40. The number of ether oxygens (including phenoxy) is 1. The Morgan fingerprint density at radius 2 is 2.67 bits per heavy atom. The number of carbonyl (C=O) groups is 1. The molecular weight excluding hydrogens is 176 g/mol. The van der Waals surface area contributed by atoms with E-state index in [2.05, 4.69) is 11.6 Å². The van der Waals surface area contributed by atoms with E-state index in [4.69, 9.17) is 4.74 Å². The lowest BCUT2D eigenvalue weighted by molar-refractivity contribution is -0.129. The molecule has 0 unspecified atom stereocenters. The first-order valence-corrected chi connectivity index (χ1v) is 4.38. The highest BCUT2D eigenvalue weighted by molar-refractivity contribution is 7.97. The molecule has 12 heavy (non-hydrogen) atoms. The van der Waals surface area contributed by atoms with Gasteiger partial charge >= 0.3 is 12.0 Å². The van der Waals surface area contributed by atoms with E-state index in [0.29, 0.717) is 0 Å². The topological polar surface area (TPSA) is 44.1 Å². The SMILES string of the molecule is C=CC(=O)Oc1nccn1SC. The van der Waals surface area contributed by atoms with Crippen LogP contribution in [0.5, 0.6) is 6.01 Å². The molecule has 0 aliphatic carbocycles. The van der Waals surface area contributed by atoms with Crippen LogP contribution in [0.3, 0.4) is 0 Å². The third kappa shape index (κ3) is 1.88. The van der Waals surface area contributed by atoms with Crippen LogP contribution in [-0.4, -0.2) is 21.2 Å². The van der Waals surface area contributed by atoms with Crippen molar-refractivity contribution >= 4 is 17.9 Å². The Labute approximate surface area is 74.4 Å². The second-order valence-electron chi connectivity index (χ2n) is 1.84. The summed E-state index contributed by atoms with van der Waals surface area (Å²) in [6.45, 7) is 3.28. The number of aromatic nitrogens is 2. The van der Waals surface area contributed by atoms with Crippen molar-refractivity contribution in [1.29, 1.82) is 0 Å². The Hall–Kier alpha value is -1.23. The lowest BCUT2D eigenvalue weighted by atomic mass is 10.7. The van der Waals surface area contributed by atoms with E-state index < -0.39 is 5.97 Å². The summed E-state index contributed by atoms with van der Waals surface area (Å²) in [5.41, 5.74) is 0. The zero-order valence-electron chi connectivity index (χ0n) is 6.56. The van der Waals surface area contributed by atoms with E-state index in [9.17, 15) is 4.79 Å². The largest absolute Gasteiger partial charge is 0.388 e. The van der Waals surface area contributed by atoms with Gasteiger partial charge in [0.15, 0.2) is 0 Å². The summed E-state index contributed by atoms with van der Waals surface area (Å²) in [7, 11) is 0. The van der Waals surface area contributed by atoms with Gasteiger partial charge in [-0.15, -0.1) is 0 Å². The van der Waals surface area contributed by atoms with Gasteiger partial charge in [0.2, 0.25) is 0 Å². The Balaban J connectivity index is 2.74. The number of imidazole rings is 1. The lowest BCUT2D eigenvalue weighted by Gasteiger charge is -2.00. The quantitative estimate of drug-likeness (QED) is 0.521. The molecule has 1 aromatic rings. The molecule has 1 heterocycles. The van der Waals surface area contributed by atoms with Crippen molar-refractivity contribution in [3.63, 3.8) is 0 Å². The van der Waals surface area contributed by atoms with E-state index in [0.717, 1.165) is 6.08 Å². The Kier molecular flexibility index (Phi) is 2.93. The van der Waals surface area contributed by atoms with Crippen LogP contribution in [0.4, 0.5) is 0 Å². The standard InChI is InChI=1S/C7H8N2O2S/c1-3-6(10)11-7-8-4-5-9(7)12-2/h3-5H,1H2,2H3. The predicted molar refractivity (Wildman–Crippen MR) is 47.0 cm³/mol. The number of hydrogen-bond acceptors (Lipinski definition) is 4. The average Bonchev–Trinajstić information content (AvgIpc) is 2.51. The minimum atomic E-state index is -0.503. The second kappa shape index (κ2) is 3.96. The minimum absolute atomic E-state index is 0.271. The lowest BCUT2D eigenvalue weighted by Crippen LogP contribution is -2.06. The molecule has 1 rings (SSSR count). The van der Waals surface area contributed by atoms with Crippen LogP contribution in [0.1, 0.15) is 0 Å². The zero-order valence-corrected chi connectivity index (χ0v) is 7.37. The van der Waals surface area contributed by atoms with Crippen molar-refractivity contribution in [2.45, 2.75) is 0 Å². The van der Waals surface area contributed by atoms with Crippen LogP contribution in [-0.2, 0) is 4.79 Å². The summed E-state index contributed by atoms with van der Waals surface area (Å²) in [6, 6.07) is 0.271. The second-order valence-corrected chi connectivity index (χ2v) is 2.60. The fraction of sp³-hybridized carbons (Fsp3) is 0.143. The Morgan fingerprint density at radius 3 is 3.25 bits per heavy atom. The first-order chi connectivity index (χ1) is 5.77. The number of esters is 1. The van der Waals surface area contributed by atoms with Crippen molar-refractivity contribution in [3.8, 4) is 6.01 Å². The summed E-state index contributed by atoms with van der Waals surface area (Å²) in [5, 5.41) is 0. The molecule has 0 bridgehead atoms. The van der Waals surface area contributed by atoms with Crippen molar-refractivity contribution in [2.75, 3.05) is 6.26 Å². The minimum Gasteiger partial charge on any atom is -0.388 e. The van der Waals surface area contributed by atoms with Gasteiger partial charge in [-0.05, 0) is 11.9 Å². The molecule has 0 amide bonds. The molecule has 0 aliphatic heterocycles. The molecule has 1 aromatic heterocycles. The van der Waals surface area contributed by atoms with Crippen LogP contribution in [0.25, 0.3) is 0 Å². The molecule has 0 radical (unpaired) electrons. The molecule has 0 aliphatic rings. The maximum atomic E-state index is 10.7. The van der Waals surface area contributed by atoms with Crippen molar-refractivity contribution in [2.24, 2.45) is 0 Å². The van der Waals surface area contributed by atoms with Gasteiger partial charge in [0.05, 0.1) is 0 Å². The maximum Gasteiger partial charge on any atom is 0.337 e. The summed E-state index contributed by atoms with van der Waals surface area (Å²) in [4.78, 5) is 14.6. The third-order valence-corrected chi connectivity index (χ3v) is 1.80. The molecule has 4 nitrogen and oxygen atoms in total. The zero-order chi connectivity index (χ0) is 8.97. The fourth-order valence-corrected chi connectivity index (χ4v) is 1.04. The predicted octanol–water partition coefficient (Wildman–Crippen LogP) is 1.10. The Bertz CT molecular complexity index is 295. The maximum absolute atomic E-state index is 10.7. The van der Waals surface area contributed by atoms with E-state index in [1.807, 2.05) is 6.26 Å². The van der Waals surface area contributed by atoms with Crippen LogP contribution in [0.15, 0.2) is 25.0 Å². The van der Waals surface area contributed by atoms with Crippen LogP contribution in [0, 0.1) is 0 Å². The normalized spacial score (nSPS) is 9.42. The van der Waals surface area contributed by atoms with Gasteiger partial charge in [-0.1, -0.05) is 6.58 Å². The van der Waals surface area contributed by atoms with Gasteiger partial charge < -0.3 is 4.74 Å². The van der Waals surface area contributed by atoms with Gasteiger partial charge in [0.25, 0.3) is 0 Å². The van der Waals surface area contributed by atoms with Crippen molar-refractivity contribution in [3.05, 3.63) is 25.0 Å². The van der Waals surface area contributed by atoms with E-state index >= 15 is 0 Å². The molecule has 0 N–H and O–H groups in total. The van der Waals surface area contributed by atoms with Crippen LogP contribution < -0.4 is 4.74 Å². The highest BCUT2D eigenvalue weighted by Crippen LogP contribution is 2.13. The monoisotopic (exact) mass is 184 g/mol. The van der Waals surface area contributed by atoms with Crippen molar-refractivity contribution in [1.82, 2.24) is 8.96 Å². The number of nitrogens with zero attached hydrogens (tertiary/aromatic N) is 2. The number of rotatable bonds is 3. The van der Waals surface area contributed by atoms with Crippen molar-refractivity contribution < 1.29 is 9.53 Å². The molecule has 0 saturated heterocycles. The third-order valence-electron chi connectivity index (χ3n) is 1.13. The highest BCUT2D eigenvalue weighted by atomic mass is 32.2. The molecule has 64 valence electrons. The van der Waals surface area contributed by atoms with Gasteiger partial charge in [0, 0.05) is 24.7 Å². The molecular formula is C7H8N2O2S. The smallest absolute Gasteiger partial charge is 0.337 e. The summed E-state index contributed by atoms with van der Waals surface area (Å²) < 4.78 is 6.44. The van der Waals surface area contributed by atoms with Gasteiger partial charge in [0.1, 0.15) is 0 Å². The van der Waals surface area contributed by atoms with Gasteiger partial charge in [-0.3, -0.25) is 0 Å². The average molecular weight is 184 g/mol. The first-order valence-electron chi connectivity index (χ1n) is 3.20. The van der Waals surface area contributed by atoms with Gasteiger partial charge in [-0.25, -0.2) is 13.8 Å². The van der Waals surface area contributed by atoms with Crippen LogP contribution in [0.2, 0.25) is 0 Å². The molecule has 0 aromatic carbocycles. The highest BCUT2D eigenvalue weighted by Gasteiger charge is 2.05.